The van der Waals surface area contributed by atoms with Crippen molar-refractivity contribution in [1.82, 2.24) is 16.0 Å². The number of rotatable bonds is 11. The van der Waals surface area contributed by atoms with Crippen LogP contribution in [0, 0.1) is 0 Å². The molecule has 4 atom stereocenters. The molecular weight excluding hydrogens is 439 g/mol. The second-order valence-electron chi connectivity index (χ2n) is 7.13. The number of aliphatic imine (C=N–C) groups is 1. The molecule has 0 saturated carbocycles. The van der Waals surface area contributed by atoms with Crippen LogP contribution in [-0.4, -0.2) is 73.1 Å². The summed E-state index contributed by atoms with van der Waals surface area (Å²) < 4.78 is 45.1. The predicted molar refractivity (Wildman–Crippen MR) is 108 cm³/mol. The average molecular weight is 469 g/mol. The lowest BCUT2D eigenvalue weighted by atomic mass is 9.99. The molecule has 0 aliphatic carbocycles. The van der Waals surface area contributed by atoms with Gasteiger partial charge in [-0.3, -0.25) is 19.4 Å². The average Bonchev–Trinajstić information content (AvgIpc) is 2.67. The van der Waals surface area contributed by atoms with Crippen molar-refractivity contribution >= 4 is 29.7 Å². The lowest BCUT2D eigenvalue weighted by molar-refractivity contribution is -0.198. The maximum Gasteiger partial charge on any atom is 0.420 e. The van der Waals surface area contributed by atoms with E-state index in [1.807, 2.05) is 5.32 Å². The Labute approximate surface area is 182 Å². The van der Waals surface area contributed by atoms with Crippen LogP contribution in [0.15, 0.2) is 4.99 Å². The van der Waals surface area contributed by atoms with Crippen LogP contribution >= 0.6 is 0 Å². The van der Waals surface area contributed by atoms with Gasteiger partial charge in [0.25, 0.3) is 5.91 Å². The highest BCUT2D eigenvalue weighted by Crippen LogP contribution is 2.30. The number of ether oxygens (including phenoxy) is 1. The van der Waals surface area contributed by atoms with Crippen molar-refractivity contribution in [3.8, 4) is 0 Å². The number of nitrogens with two attached hydrogens (primary N) is 3. The fourth-order valence-corrected chi connectivity index (χ4v) is 2.21. The molecule has 0 aliphatic rings. The fourth-order valence-electron chi connectivity index (χ4n) is 2.21. The molecule has 0 radical (unpaired) electrons. The quantitative estimate of drug-likeness (QED) is 0.0861. The molecule has 0 spiro atoms. The topological polar surface area (TPSA) is 204 Å². The molecule has 9 N–H and O–H groups in total. The zero-order chi connectivity index (χ0) is 25.3. The Kier molecular flexibility index (Phi) is 10.9. The van der Waals surface area contributed by atoms with E-state index in [1.165, 1.54) is 0 Å². The Hall–Kier alpha value is -3.10. The van der Waals surface area contributed by atoms with Gasteiger partial charge >= 0.3 is 12.1 Å². The molecule has 0 aliphatic heterocycles. The zero-order valence-electron chi connectivity index (χ0n) is 18.2. The second-order valence-corrected chi connectivity index (χ2v) is 7.13. The van der Waals surface area contributed by atoms with Crippen LogP contribution < -0.4 is 33.2 Å². The summed E-state index contributed by atoms with van der Waals surface area (Å²) >= 11 is 0. The third-order valence-corrected chi connectivity index (χ3v) is 4.30. The molecule has 0 aromatic carbocycles. The number of carbonyl (C=O) groups excluding carboxylic acids is 4. The lowest BCUT2D eigenvalue weighted by Gasteiger charge is -2.33. The molecule has 0 rings (SSSR count). The Balaban J connectivity index is 5.30. The van der Waals surface area contributed by atoms with E-state index >= 15 is 0 Å². The second kappa shape index (κ2) is 12.1. The van der Waals surface area contributed by atoms with Crippen molar-refractivity contribution in [2.45, 2.75) is 63.5 Å². The van der Waals surface area contributed by atoms with Gasteiger partial charge in [0.15, 0.2) is 5.96 Å². The van der Waals surface area contributed by atoms with Crippen molar-refractivity contribution in [2.24, 2.45) is 22.2 Å². The summed E-state index contributed by atoms with van der Waals surface area (Å²) in [6, 6.07) is -3.97. The van der Waals surface area contributed by atoms with E-state index in [0.717, 1.165) is 21.0 Å². The summed E-state index contributed by atoms with van der Waals surface area (Å²) in [5.74, 6) is -4.85. The first-order chi connectivity index (χ1) is 14.6. The highest BCUT2D eigenvalue weighted by Gasteiger charge is 2.58. The third-order valence-electron chi connectivity index (χ3n) is 4.30. The zero-order valence-corrected chi connectivity index (χ0v) is 18.2. The number of amides is 3. The van der Waals surface area contributed by atoms with E-state index in [1.54, 1.807) is 5.32 Å². The Morgan fingerprint density at radius 1 is 1.06 bits per heavy atom. The minimum Gasteiger partial charge on any atom is -0.467 e. The monoisotopic (exact) mass is 469 g/mol. The number of hydrogen-bond acceptors (Lipinski definition) is 7. The largest absolute Gasteiger partial charge is 0.467 e. The van der Waals surface area contributed by atoms with Gasteiger partial charge < -0.3 is 37.9 Å². The van der Waals surface area contributed by atoms with E-state index < -0.39 is 53.5 Å². The first kappa shape index (κ1) is 28.9. The molecular formula is C17H30F3N7O5. The summed E-state index contributed by atoms with van der Waals surface area (Å²) in [6.45, 7) is 2.83. The van der Waals surface area contributed by atoms with Gasteiger partial charge in [-0.25, -0.2) is 4.79 Å². The molecule has 0 aromatic rings. The normalized spacial score (nSPS) is 15.9. The molecule has 3 amide bonds. The molecule has 0 saturated heterocycles. The van der Waals surface area contributed by atoms with Gasteiger partial charge in [0.2, 0.25) is 17.4 Å². The Morgan fingerprint density at radius 3 is 2.06 bits per heavy atom. The van der Waals surface area contributed by atoms with Gasteiger partial charge in [0, 0.05) is 6.54 Å². The molecule has 32 heavy (non-hydrogen) atoms. The maximum absolute atomic E-state index is 13.5. The van der Waals surface area contributed by atoms with E-state index in [4.69, 9.17) is 17.2 Å². The van der Waals surface area contributed by atoms with Crippen molar-refractivity contribution in [1.29, 1.82) is 0 Å². The number of halogens is 3. The minimum atomic E-state index is -5.20. The number of alkyl halides is 3. The van der Waals surface area contributed by atoms with E-state index in [-0.39, 0.29) is 25.3 Å². The summed E-state index contributed by atoms with van der Waals surface area (Å²) in [4.78, 5) is 52.0. The number of carbonyl (C=O) groups is 4. The molecule has 0 heterocycles. The van der Waals surface area contributed by atoms with Gasteiger partial charge in [0.1, 0.15) is 12.1 Å². The smallest absolute Gasteiger partial charge is 0.420 e. The van der Waals surface area contributed by atoms with Crippen molar-refractivity contribution in [2.75, 3.05) is 13.7 Å². The fraction of sp³-hybridized carbons (Fsp3) is 0.706. The van der Waals surface area contributed by atoms with Crippen LogP contribution in [0.3, 0.4) is 0 Å². The molecule has 15 heteroatoms. The number of esters is 1. The highest BCUT2D eigenvalue weighted by molar-refractivity contribution is 5.96. The molecule has 12 nitrogen and oxygen atoms in total. The Bertz CT molecular complexity index is 726. The molecule has 0 fully saturated rings. The number of hydrogen-bond donors (Lipinski definition) is 6. The summed E-state index contributed by atoms with van der Waals surface area (Å²) in [5, 5.41) is 5.71. The van der Waals surface area contributed by atoms with Crippen LogP contribution in [0.2, 0.25) is 0 Å². The predicted octanol–water partition coefficient (Wildman–Crippen LogP) is -2.01. The number of nitrogens with one attached hydrogen (secondary N) is 3. The molecule has 184 valence electrons. The van der Waals surface area contributed by atoms with Crippen LogP contribution in [0.25, 0.3) is 0 Å². The van der Waals surface area contributed by atoms with Crippen LogP contribution in [0.1, 0.15) is 33.6 Å². The maximum atomic E-state index is 13.5. The molecule has 0 bridgehead atoms. The van der Waals surface area contributed by atoms with Gasteiger partial charge in [-0.15, -0.1) is 0 Å². The summed E-state index contributed by atoms with van der Waals surface area (Å²) in [6.07, 6.45) is -4.87. The summed E-state index contributed by atoms with van der Waals surface area (Å²) in [7, 11) is 1.08. The number of guanidine groups is 1. The van der Waals surface area contributed by atoms with Gasteiger partial charge in [0.05, 0.1) is 13.2 Å². The first-order valence-electron chi connectivity index (χ1n) is 9.45. The number of methoxy groups -OCH3 is 1. The first-order valence-corrected chi connectivity index (χ1v) is 9.45. The van der Waals surface area contributed by atoms with Crippen molar-refractivity contribution in [3.63, 3.8) is 0 Å². The molecule has 0 aromatic heterocycles. The van der Waals surface area contributed by atoms with Crippen LogP contribution in [-0.2, 0) is 23.9 Å². The van der Waals surface area contributed by atoms with Crippen LogP contribution in [0.4, 0.5) is 13.2 Å². The van der Waals surface area contributed by atoms with E-state index in [9.17, 15) is 32.3 Å². The van der Waals surface area contributed by atoms with E-state index in [0.29, 0.717) is 6.92 Å². The third kappa shape index (κ3) is 8.56. The summed E-state index contributed by atoms with van der Waals surface area (Å²) in [5.41, 5.74) is 12.3. The van der Waals surface area contributed by atoms with Crippen molar-refractivity contribution < 1.29 is 37.1 Å². The minimum absolute atomic E-state index is 0.0561. The van der Waals surface area contributed by atoms with Crippen LogP contribution in [0.5, 0.6) is 0 Å². The standard InChI is InChI=1S/C17H30F3N7O5/c1-8(21)11(28)27-16(3,17(18,19)20)14(31)25-9(2)12(29)26-10(13(30)32-4)6-5-7-24-15(22)23/h8-10H,5-7,21H2,1-4H3,(H,25,31)(H,26,29)(H,27,28)(H4,22,23,24)/t8-,9-,10-,16-/m0/s1. The lowest BCUT2D eigenvalue weighted by Crippen LogP contribution is -2.68. The SMILES string of the molecule is COC(=O)[C@H](CCCN=C(N)N)NC(=O)[C@H](C)NC(=O)[C@](C)(NC(=O)[C@H](C)N)C(F)(F)F. The number of nitrogens with zero attached hydrogens (tertiary/aromatic N) is 1. The highest BCUT2D eigenvalue weighted by atomic mass is 19.4. The van der Waals surface area contributed by atoms with E-state index in [2.05, 4.69) is 15.0 Å². The molecule has 0 unspecified atom stereocenters. The van der Waals surface area contributed by atoms with Gasteiger partial charge in [-0.2, -0.15) is 13.2 Å². The van der Waals surface area contributed by atoms with Gasteiger partial charge in [-0.05, 0) is 33.6 Å². The van der Waals surface area contributed by atoms with Gasteiger partial charge in [-0.1, -0.05) is 0 Å². The Morgan fingerprint density at radius 2 is 1.62 bits per heavy atom. The van der Waals surface area contributed by atoms with Crippen molar-refractivity contribution in [3.05, 3.63) is 0 Å².